The number of azide groups is 1. The van der Waals surface area contributed by atoms with Gasteiger partial charge in [0.1, 0.15) is 12.3 Å². The van der Waals surface area contributed by atoms with Gasteiger partial charge in [-0.15, -0.1) is 0 Å². The average molecular weight is 220 g/mol. The summed E-state index contributed by atoms with van der Waals surface area (Å²) in [5.41, 5.74) is 9.65. The van der Waals surface area contributed by atoms with Crippen molar-refractivity contribution in [2.45, 2.75) is 6.92 Å². The summed E-state index contributed by atoms with van der Waals surface area (Å²) in [6.07, 6.45) is 0. The second-order valence-electron chi connectivity index (χ2n) is 3.14. The SMILES string of the molecule is COc1ccc(C)cc1NC(=O)CN=[N+]=[N-]. The van der Waals surface area contributed by atoms with Gasteiger partial charge in [-0.05, 0) is 30.2 Å². The number of hydrogen-bond acceptors (Lipinski definition) is 3. The third-order valence-corrected chi connectivity index (χ3v) is 1.91. The third kappa shape index (κ3) is 3.18. The minimum atomic E-state index is -0.373. The summed E-state index contributed by atoms with van der Waals surface area (Å²) >= 11 is 0. The highest BCUT2D eigenvalue weighted by Gasteiger charge is 2.06. The molecule has 0 aliphatic heterocycles. The minimum Gasteiger partial charge on any atom is -0.495 e. The lowest BCUT2D eigenvalue weighted by atomic mass is 10.2. The largest absolute Gasteiger partial charge is 0.495 e. The van der Waals surface area contributed by atoms with Crippen molar-refractivity contribution in [2.24, 2.45) is 5.11 Å². The Morgan fingerprint density at radius 1 is 1.62 bits per heavy atom. The molecule has 6 heteroatoms. The zero-order chi connectivity index (χ0) is 12.0. The van der Waals surface area contributed by atoms with Crippen molar-refractivity contribution in [1.82, 2.24) is 0 Å². The van der Waals surface area contributed by atoms with E-state index in [-0.39, 0.29) is 12.5 Å². The maximum absolute atomic E-state index is 11.3. The van der Waals surface area contributed by atoms with Crippen LogP contribution >= 0.6 is 0 Å². The number of anilines is 1. The molecule has 1 N–H and O–H groups in total. The van der Waals surface area contributed by atoms with E-state index >= 15 is 0 Å². The van der Waals surface area contributed by atoms with Crippen molar-refractivity contribution in [1.29, 1.82) is 0 Å². The van der Waals surface area contributed by atoms with Crippen LogP contribution in [-0.4, -0.2) is 19.6 Å². The van der Waals surface area contributed by atoms with Crippen LogP contribution in [0.2, 0.25) is 0 Å². The van der Waals surface area contributed by atoms with Crippen molar-refractivity contribution < 1.29 is 9.53 Å². The predicted molar refractivity (Wildman–Crippen MR) is 60.4 cm³/mol. The highest BCUT2D eigenvalue weighted by molar-refractivity contribution is 5.93. The quantitative estimate of drug-likeness (QED) is 0.479. The Hall–Kier alpha value is -2.20. The molecular formula is C10H12N4O2. The van der Waals surface area contributed by atoms with Crippen molar-refractivity contribution in [2.75, 3.05) is 19.0 Å². The molecule has 0 unspecified atom stereocenters. The third-order valence-electron chi connectivity index (χ3n) is 1.91. The van der Waals surface area contributed by atoms with Crippen LogP contribution in [-0.2, 0) is 4.79 Å². The first-order chi connectivity index (χ1) is 7.67. The van der Waals surface area contributed by atoms with E-state index in [9.17, 15) is 4.79 Å². The predicted octanol–water partition coefficient (Wildman–Crippen LogP) is 2.25. The zero-order valence-electron chi connectivity index (χ0n) is 9.10. The highest BCUT2D eigenvalue weighted by atomic mass is 16.5. The number of hydrogen-bond donors (Lipinski definition) is 1. The molecule has 0 aliphatic rings. The van der Waals surface area contributed by atoms with Gasteiger partial charge in [0.05, 0.1) is 12.8 Å². The molecule has 0 bridgehead atoms. The summed E-state index contributed by atoms with van der Waals surface area (Å²) in [5.74, 6) is 0.196. The summed E-state index contributed by atoms with van der Waals surface area (Å²) in [6, 6.07) is 5.42. The van der Waals surface area contributed by atoms with Crippen LogP contribution in [0.4, 0.5) is 5.69 Å². The van der Waals surface area contributed by atoms with Gasteiger partial charge >= 0.3 is 0 Å². The maximum atomic E-state index is 11.3. The Bertz CT molecular complexity index is 438. The lowest BCUT2D eigenvalue weighted by Gasteiger charge is -2.09. The van der Waals surface area contributed by atoms with Gasteiger partial charge in [0.15, 0.2) is 0 Å². The lowest BCUT2D eigenvalue weighted by molar-refractivity contribution is -0.114. The molecule has 0 spiro atoms. The molecular weight excluding hydrogens is 208 g/mol. The Kier molecular flexibility index (Phi) is 4.17. The van der Waals surface area contributed by atoms with Crippen molar-refractivity contribution in [3.8, 4) is 5.75 Å². The molecule has 0 aliphatic carbocycles. The number of carbonyl (C=O) groups excluding carboxylic acids is 1. The number of methoxy groups -OCH3 is 1. The fourth-order valence-electron chi connectivity index (χ4n) is 1.21. The molecule has 0 radical (unpaired) electrons. The molecule has 16 heavy (non-hydrogen) atoms. The Balaban J connectivity index is 2.82. The van der Waals surface area contributed by atoms with Gasteiger partial charge in [0.25, 0.3) is 0 Å². The fraction of sp³-hybridized carbons (Fsp3) is 0.300. The van der Waals surface area contributed by atoms with Crippen LogP contribution in [0, 0.1) is 6.92 Å². The lowest BCUT2D eigenvalue weighted by Crippen LogP contribution is -2.15. The molecule has 6 nitrogen and oxygen atoms in total. The first-order valence-electron chi connectivity index (χ1n) is 4.62. The zero-order valence-corrected chi connectivity index (χ0v) is 9.10. The summed E-state index contributed by atoms with van der Waals surface area (Å²) < 4.78 is 5.09. The number of nitrogens with zero attached hydrogens (tertiary/aromatic N) is 3. The molecule has 0 aromatic heterocycles. The number of benzene rings is 1. The van der Waals surface area contributed by atoms with Crippen LogP contribution in [0.3, 0.4) is 0 Å². The van der Waals surface area contributed by atoms with Crippen molar-refractivity contribution in [3.63, 3.8) is 0 Å². The van der Waals surface area contributed by atoms with Crippen LogP contribution in [0.25, 0.3) is 10.4 Å². The van der Waals surface area contributed by atoms with Gasteiger partial charge in [-0.25, -0.2) is 0 Å². The van der Waals surface area contributed by atoms with Crippen LogP contribution < -0.4 is 10.1 Å². The molecule has 0 atom stereocenters. The molecule has 1 rings (SSSR count). The molecule has 0 heterocycles. The normalized spacial score (nSPS) is 9.12. The molecule has 0 fully saturated rings. The summed E-state index contributed by atoms with van der Waals surface area (Å²) in [4.78, 5) is 13.8. The number of nitrogens with one attached hydrogen (secondary N) is 1. The van der Waals surface area contributed by atoms with Gasteiger partial charge in [-0.1, -0.05) is 11.2 Å². The summed E-state index contributed by atoms with van der Waals surface area (Å²) in [7, 11) is 1.52. The minimum absolute atomic E-state index is 0.229. The number of rotatable bonds is 4. The van der Waals surface area contributed by atoms with E-state index in [0.29, 0.717) is 11.4 Å². The van der Waals surface area contributed by atoms with Gasteiger partial charge in [0.2, 0.25) is 5.91 Å². The molecule has 0 saturated carbocycles. The van der Waals surface area contributed by atoms with Gasteiger partial charge < -0.3 is 10.1 Å². The number of ether oxygens (including phenoxy) is 1. The van der Waals surface area contributed by atoms with E-state index in [0.717, 1.165) is 5.56 Å². The van der Waals surface area contributed by atoms with Crippen LogP contribution in [0.5, 0.6) is 5.75 Å². The molecule has 1 aromatic rings. The van der Waals surface area contributed by atoms with E-state index in [2.05, 4.69) is 15.3 Å². The van der Waals surface area contributed by atoms with E-state index in [1.165, 1.54) is 7.11 Å². The molecule has 0 saturated heterocycles. The van der Waals surface area contributed by atoms with Crippen LogP contribution in [0.15, 0.2) is 23.3 Å². The second-order valence-corrected chi connectivity index (χ2v) is 3.14. The second kappa shape index (κ2) is 5.63. The van der Waals surface area contributed by atoms with Crippen LogP contribution in [0.1, 0.15) is 5.56 Å². The number of carbonyl (C=O) groups is 1. The molecule has 1 amide bonds. The first kappa shape index (κ1) is 11.9. The van der Waals surface area contributed by atoms with E-state index in [4.69, 9.17) is 10.3 Å². The first-order valence-corrected chi connectivity index (χ1v) is 4.62. The topological polar surface area (TPSA) is 87.1 Å². The summed E-state index contributed by atoms with van der Waals surface area (Å²) in [6.45, 7) is 1.68. The maximum Gasteiger partial charge on any atom is 0.230 e. The molecule has 84 valence electrons. The number of aryl methyl sites for hydroxylation is 1. The van der Waals surface area contributed by atoms with Gasteiger partial charge in [-0.3, -0.25) is 4.79 Å². The Morgan fingerprint density at radius 2 is 2.38 bits per heavy atom. The van der Waals surface area contributed by atoms with Gasteiger partial charge in [0, 0.05) is 4.91 Å². The van der Waals surface area contributed by atoms with E-state index in [1.807, 2.05) is 13.0 Å². The van der Waals surface area contributed by atoms with Crippen molar-refractivity contribution in [3.05, 3.63) is 34.2 Å². The monoisotopic (exact) mass is 220 g/mol. The van der Waals surface area contributed by atoms with E-state index in [1.54, 1.807) is 12.1 Å². The summed E-state index contributed by atoms with van der Waals surface area (Å²) in [5, 5.41) is 5.78. The Morgan fingerprint density at radius 3 is 3.00 bits per heavy atom. The standard InChI is InChI=1S/C10H12N4O2/c1-7-3-4-9(16-2)8(5-7)13-10(15)6-12-14-11/h3-5H,6H2,1-2H3,(H,13,15). The average Bonchev–Trinajstić information content (AvgIpc) is 2.27. The highest BCUT2D eigenvalue weighted by Crippen LogP contribution is 2.24. The number of amides is 1. The smallest absolute Gasteiger partial charge is 0.230 e. The van der Waals surface area contributed by atoms with Crippen molar-refractivity contribution >= 4 is 11.6 Å². The molecule has 1 aromatic carbocycles. The van der Waals surface area contributed by atoms with Gasteiger partial charge in [-0.2, -0.15) is 0 Å². The fourth-order valence-corrected chi connectivity index (χ4v) is 1.21. The van der Waals surface area contributed by atoms with E-state index < -0.39 is 0 Å². The Labute approximate surface area is 92.8 Å².